The summed E-state index contributed by atoms with van der Waals surface area (Å²) >= 11 is 0. The first-order valence-electron chi connectivity index (χ1n) is 9.97. The average molecular weight is 440 g/mol. The minimum Gasteiger partial charge on any atom is -0.503 e. The zero-order valence-corrected chi connectivity index (χ0v) is 17.5. The van der Waals surface area contributed by atoms with Crippen LogP contribution in [0.5, 0.6) is 5.75 Å². The second kappa shape index (κ2) is 10.7. The van der Waals surface area contributed by atoms with Gasteiger partial charge < -0.3 is 24.4 Å². The van der Waals surface area contributed by atoms with E-state index in [4.69, 9.17) is 9.52 Å². The molecule has 8 nitrogen and oxygen atoms in total. The molecule has 1 aromatic carbocycles. The zero-order valence-electron chi connectivity index (χ0n) is 17.5. The van der Waals surface area contributed by atoms with Crippen molar-refractivity contribution in [1.82, 2.24) is 9.80 Å². The number of unbranched alkanes of at least 4 members (excludes halogenated alkanes) is 5. The summed E-state index contributed by atoms with van der Waals surface area (Å²) in [5, 5.41) is 17.9. The number of carbonyl (C=O) groups is 2. The van der Waals surface area contributed by atoms with Gasteiger partial charge in [0.2, 0.25) is 5.82 Å². The fourth-order valence-corrected chi connectivity index (χ4v) is 3.14. The van der Waals surface area contributed by atoms with E-state index in [2.05, 4.69) is 0 Å². The minimum absolute atomic E-state index is 0.141. The van der Waals surface area contributed by atoms with E-state index in [0.717, 1.165) is 44.2 Å². The van der Waals surface area contributed by atoms with Gasteiger partial charge in [0.25, 0.3) is 5.91 Å². The summed E-state index contributed by atoms with van der Waals surface area (Å²) in [6.07, 6.45) is 4.19. The number of aromatic hydroxyl groups is 1. The molecule has 2 aromatic rings. The highest BCUT2D eigenvalue weighted by molar-refractivity contribution is 5.96. The van der Waals surface area contributed by atoms with Crippen LogP contribution >= 0.6 is 0 Å². The van der Waals surface area contributed by atoms with Gasteiger partial charge >= 0.3 is 11.7 Å². The van der Waals surface area contributed by atoms with Gasteiger partial charge in [0.1, 0.15) is 5.56 Å². The molecular weight excluding hydrogens is 414 g/mol. The molecule has 0 spiro atoms. The van der Waals surface area contributed by atoms with E-state index < -0.39 is 40.6 Å². The third-order valence-corrected chi connectivity index (χ3v) is 5.03. The van der Waals surface area contributed by atoms with Crippen LogP contribution in [0.1, 0.15) is 48.9 Å². The molecule has 1 aromatic heterocycles. The van der Waals surface area contributed by atoms with Crippen LogP contribution in [0, 0.1) is 11.6 Å². The Bertz CT molecular complexity index is 1010. The Kier molecular flexibility index (Phi) is 8.35. The molecule has 0 saturated heterocycles. The Balaban J connectivity index is 1.85. The van der Waals surface area contributed by atoms with E-state index in [-0.39, 0.29) is 10.9 Å². The molecule has 0 radical (unpaired) electrons. The van der Waals surface area contributed by atoms with Gasteiger partial charge in [-0.3, -0.25) is 4.79 Å². The number of carbonyl (C=O) groups excluding carboxylic acids is 1. The number of carboxylic acid groups (broad SMARTS) is 1. The van der Waals surface area contributed by atoms with Crippen LogP contribution in [0.15, 0.2) is 21.3 Å². The van der Waals surface area contributed by atoms with Crippen molar-refractivity contribution >= 4 is 23.0 Å². The van der Waals surface area contributed by atoms with E-state index in [9.17, 15) is 28.3 Å². The molecule has 0 atom stereocenters. The van der Waals surface area contributed by atoms with Gasteiger partial charge in [-0.05, 0) is 25.0 Å². The number of hydrogen-bond acceptors (Lipinski definition) is 5. The van der Waals surface area contributed by atoms with Crippen molar-refractivity contribution in [2.24, 2.45) is 0 Å². The first-order valence-corrected chi connectivity index (χ1v) is 9.97. The van der Waals surface area contributed by atoms with E-state index in [1.165, 1.54) is 23.9 Å². The van der Waals surface area contributed by atoms with Crippen LogP contribution < -0.4 is 5.63 Å². The molecule has 0 bridgehead atoms. The van der Waals surface area contributed by atoms with Gasteiger partial charge in [0.05, 0.1) is 0 Å². The number of phenols is 1. The zero-order chi connectivity index (χ0) is 23.1. The third-order valence-electron chi connectivity index (χ3n) is 5.03. The normalized spacial score (nSPS) is 11.0. The SMILES string of the molecule is CN(CCCCCCCCN(C)C(=O)c1cc2cc(F)c(O)c(F)c2oc1=O)C(=O)O. The molecule has 0 fully saturated rings. The molecule has 2 N–H and O–H groups in total. The van der Waals surface area contributed by atoms with Gasteiger partial charge in [-0.15, -0.1) is 0 Å². The highest BCUT2D eigenvalue weighted by atomic mass is 19.1. The smallest absolute Gasteiger partial charge is 0.407 e. The van der Waals surface area contributed by atoms with Crippen molar-refractivity contribution in [3.63, 3.8) is 0 Å². The molecule has 1 heterocycles. The van der Waals surface area contributed by atoms with E-state index >= 15 is 0 Å². The lowest BCUT2D eigenvalue weighted by atomic mass is 10.1. The minimum atomic E-state index is -1.39. The summed E-state index contributed by atoms with van der Waals surface area (Å²) in [7, 11) is 3.05. The third kappa shape index (κ3) is 6.16. The molecule has 0 aliphatic heterocycles. The lowest BCUT2D eigenvalue weighted by molar-refractivity contribution is 0.0788. The summed E-state index contributed by atoms with van der Waals surface area (Å²) in [6, 6.07) is 1.85. The van der Waals surface area contributed by atoms with Gasteiger partial charge in [-0.2, -0.15) is 4.39 Å². The molecule has 0 saturated carbocycles. The molecule has 2 amide bonds. The van der Waals surface area contributed by atoms with Crippen LogP contribution in [0.4, 0.5) is 13.6 Å². The summed E-state index contributed by atoms with van der Waals surface area (Å²) in [5.74, 6) is -4.49. The van der Waals surface area contributed by atoms with Crippen LogP contribution in [0.3, 0.4) is 0 Å². The predicted octanol–water partition coefficient (Wildman–Crippen LogP) is 3.80. The number of nitrogens with zero attached hydrogens (tertiary/aromatic N) is 2. The molecule has 0 aliphatic carbocycles. The van der Waals surface area contributed by atoms with Gasteiger partial charge in [-0.1, -0.05) is 25.7 Å². The number of rotatable bonds is 10. The van der Waals surface area contributed by atoms with Gasteiger partial charge in [-0.25, -0.2) is 14.0 Å². The second-order valence-corrected chi connectivity index (χ2v) is 7.44. The Hall–Kier alpha value is -3.17. The lowest BCUT2D eigenvalue weighted by Gasteiger charge is -2.17. The predicted molar refractivity (Wildman–Crippen MR) is 109 cm³/mol. The van der Waals surface area contributed by atoms with Crippen molar-refractivity contribution in [1.29, 1.82) is 0 Å². The fourth-order valence-electron chi connectivity index (χ4n) is 3.14. The average Bonchev–Trinajstić information content (AvgIpc) is 2.73. The standard InChI is InChI=1S/C21H26F2N2O6/c1-24(9-7-5-3-4-6-8-10-25(2)21(29)30)19(27)14-11-13-12-15(22)17(26)16(23)18(13)31-20(14)28/h11-12,26H,3-10H2,1-2H3,(H,29,30). The van der Waals surface area contributed by atoms with Crippen molar-refractivity contribution < 1.29 is 33.0 Å². The van der Waals surface area contributed by atoms with Crippen molar-refractivity contribution in [2.75, 3.05) is 27.2 Å². The van der Waals surface area contributed by atoms with Crippen LogP contribution in [0.2, 0.25) is 0 Å². The summed E-state index contributed by atoms with van der Waals surface area (Å²) in [4.78, 5) is 37.9. The Morgan fingerprint density at radius 3 is 2.10 bits per heavy atom. The molecule has 0 aliphatic rings. The number of phenolic OH excluding ortho intramolecular Hbond substituents is 1. The molecular formula is C21H26F2N2O6. The summed E-state index contributed by atoms with van der Waals surface area (Å²) < 4.78 is 32.2. The number of amides is 2. The van der Waals surface area contributed by atoms with E-state index in [0.29, 0.717) is 19.5 Å². The number of halogens is 2. The molecule has 31 heavy (non-hydrogen) atoms. The van der Waals surface area contributed by atoms with Crippen LogP contribution in [-0.2, 0) is 0 Å². The Morgan fingerprint density at radius 1 is 0.968 bits per heavy atom. The monoisotopic (exact) mass is 440 g/mol. The van der Waals surface area contributed by atoms with E-state index in [1.54, 1.807) is 0 Å². The lowest BCUT2D eigenvalue weighted by Crippen LogP contribution is -2.31. The highest BCUT2D eigenvalue weighted by Crippen LogP contribution is 2.28. The first-order chi connectivity index (χ1) is 14.6. The Labute approximate surface area is 177 Å². The van der Waals surface area contributed by atoms with Crippen molar-refractivity contribution in [2.45, 2.75) is 38.5 Å². The molecule has 2 rings (SSSR count). The highest BCUT2D eigenvalue weighted by Gasteiger charge is 2.21. The van der Waals surface area contributed by atoms with Crippen LogP contribution in [-0.4, -0.2) is 59.2 Å². The maximum Gasteiger partial charge on any atom is 0.407 e. The van der Waals surface area contributed by atoms with E-state index in [1.807, 2.05) is 0 Å². The molecule has 10 heteroatoms. The topological polar surface area (TPSA) is 111 Å². The number of fused-ring (bicyclic) bond motifs is 1. The quantitative estimate of drug-likeness (QED) is 0.429. The number of hydrogen-bond donors (Lipinski definition) is 2. The van der Waals surface area contributed by atoms with Crippen LogP contribution in [0.25, 0.3) is 11.0 Å². The van der Waals surface area contributed by atoms with Crippen molar-refractivity contribution in [3.05, 3.63) is 39.8 Å². The maximum atomic E-state index is 13.9. The maximum absolute atomic E-state index is 13.9. The fraction of sp³-hybridized carbons (Fsp3) is 0.476. The molecule has 170 valence electrons. The first kappa shape index (κ1) is 24.1. The second-order valence-electron chi connectivity index (χ2n) is 7.44. The Morgan fingerprint density at radius 2 is 1.52 bits per heavy atom. The number of benzene rings is 1. The summed E-state index contributed by atoms with van der Waals surface area (Å²) in [6.45, 7) is 0.880. The summed E-state index contributed by atoms with van der Waals surface area (Å²) in [5.41, 5.74) is -2.03. The largest absolute Gasteiger partial charge is 0.503 e. The molecule has 0 unspecified atom stereocenters. The van der Waals surface area contributed by atoms with Crippen molar-refractivity contribution in [3.8, 4) is 5.75 Å². The van der Waals surface area contributed by atoms with Gasteiger partial charge in [0.15, 0.2) is 17.1 Å². The van der Waals surface area contributed by atoms with Gasteiger partial charge in [0, 0.05) is 32.6 Å².